The van der Waals surface area contributed by atoms with E-state index in [0.717, 1.165) is 25.7 Å². The van der Waals surface area contributed by atoms with Crippen molar-refractivity contribution in [2.24, 2.45) is 0 Å². The van der Waals surface area contributed by atoms with Crippen molar-refractivity contribution in [2.75, 3.05) is 13.2 Å². The van der Waals surface area contributed by atoms with Gasteiger partial charge in [0.2, 0.25) is 0 Å². The molecule has 0 unspecified atom stereocenters. The maximum absolute atomic E-state index is 9.19. The van der Waals surface area contributed by atoms with Gasteiger partial charge in [0.15, 0.2) is 8.32 Å². The molecule has 27 heavy (non-hydrogen) atoms. The number of epoxide rings is 3. The molecular formula is C21H40O5Si. The Kier molecular flexibility index (Phi) is 5.45. The average molecular weight is 401 g/mol. The summed E-state index contributed by atoms with van der Waals surface area (Å²) in [5.74, 6) is 0. The third kappa shape index (κ3) is 4.62. The van der Waals surface area contributed by atoms with Crippen LogP contribution in [-0.2, 0) is 18.6 Å². The van der Waals surface area contributed by atoms with E-state index >= 15 is 0 Å². The molecule has 6 atom stereocenters. The molecule has 0 spiro atoms. The Morgan fingerprint density at radius 3 is 1.78 bits per heavy atom. The largest absolute Gasteiger partial charge is 0.414 e. The van der Waals surface area contributed by atoms with E-state index in [4.69, 9.17) is 18.6 Å². The maximum Gasteiger partial charge on any atom is 0.192 e. The predicted molar refractivity (Wildman–Crippen MR) is 109 cm³/mol. The molecule has 0 amide bonds. The predicted octanol–water partition coefficient (Wildman–Crippen LogP) is 4.03. The molecule has 3 saturated heterocycles. The quantitative estimate of drug-likeness (QED) is 0.443. The highest BCUT2D eigenvalue weighted by Crippen LogP contribution is 2.50. The van der Waals surface area contributed by atoms with Crippen LogP contribution in [0.25, 0.3) is 0 Å². The fourth-order valence-corrected chi connectivity index (χ4v) is 4.85. The zero-order valence-electron chi connectivity index (χ0n) is 18.6. The first-order valence-electron chi connectivity index (χ1n) is 10.5. The second kappa shape index (κ2) is 6.78. The van der Waals surface area contributed by atoms with Gasteiger partial charge in [-0.05, 0) is 64.6 Å². The fourth-order valence-electron chi connectivity index (χ4n) is 3.77. The van der Waals surface area contributed by atoms with Gasteiger partial charge in [-0.1, -0.05) is 20.8 Å². The van der Waals surface area contributed by atoms with Crippen LogP contribution in [-0.4, -0.2) is 61.8 Å². The fraction of sp³-hybridized carbons (Fsp3) is 1.00. The molecule has 3 heterocycles. The van der Waals surface area contributed by atoms with Gasteiger partial charge in [0.1, 0.15) is 11.7 Å². The lowest BCUT2D eigenvalue weighted by Crippen LogP contribution is -2.43. The summed E-state index contributed by atoms with van der Waals surface area (Å²) >= 11 is 0. The number of aliphatic hydroxyl groups is 1. The molecule has 3 fully saturated rings. The van der Waals surface area contributed by atoms with Gasteiger partial charge in [-0.2, -0.15) is 0 Å². The summed E-state index contributed by atoms with van der Waals surface area (Å²) in [6.45, 7) is 18.7. The standard InChI is InChI=1S/C21H40O5Si/c1-18(2,3)27(7,8)23-14-21(6)16(25-21)10-11-19(4)15(24-19)9-12-20(5)17(13-22)26-20/h15-17,22H,9-14H2,1-8H3/t15-,16-,17-,19-,20-,21-/m1/s1. The van der Waals surface area contributed by atoms with E-state index in [1.807, 2.05) is 0 Å². The monoisotopic (exact) mass is 400 g/mol. The highest BCUT2D eigenvalue weighted by atomic mass is 28.4. The van der Waals surface area contributed by atoms with Crippen molar-refractivity contribution in [1.82, 2.24) is 0 Å². The molecule has 1 N–H and O–H groups in total. The van der Waals surface area contributed by atoms with Gasteiger partial charge < -0.3 is 23.7 Å². The van der Waals surface area contributed by atoms with Gasteiger partial charge in [0.25, 0.3) is 0 Å². The Bertz CT molecular complexity index is 561. The summed E-state index contributed by atoms with van der Waals surface area (Å²) in [7, 11) is -1.73. The van der Waals surface area contributed by atoms with E-state index in [2.05, 4.69) is 54.6 Å². The third-order valence-electron chi connectivity index (χ3n) is 7.60. The molecule has 6 heteroatoms. The van der Waals surface area contributed by atoms with Gasteiger partial charge in [0, 0.05) is 0 Å². The van der Waals surface area contributed by atoms with Crippen molar-refractivity contribution >= 4 is 8.32 Å². The summed E-state index contributed by atoms with van der Waals surface area (Å²) in [6, 6.07) is 0. The zero-order valence-corrected chi connectivity index (χ0v) is 19.6. The van der Waals surface area contributed by atoms with E-state index in [0.29, 0.717) is 12.7 Å². The van der Waals surface area contributed by atoms with Crippen molar-refractivity contribution < 1.29 is 23.7 Å². The Labute approximate surface area is 166 Å². The Morgan fingerprint density at radius 2 is 1.30 bits per heavy atom. The highest BCUT2D eigenvalue weighted by Gasteiger charge is 2.59. The molecule has 0 bridgehead atoms. The number of aliphatic hydroxyl groups excluding tert-OH is 1. The minimum Gasteiger partial charge on any atom is -0.414 e. The Hall–Kier alpha value is 0.0169. The first-order valence-corrected chi connectivity index (χ1v) is 13.4. The highest BCUT2D eigenvalue weighted by molar-refractivity contribution is 6.74. The topological polar surface area (TPSA) is 67.0 Å². The third-order valence-corrected chi connectivity index (χ3v) is 12.1. The Morgan fingerprint density at radius 1 is 0.852 bits per heavy atom. The van der Waals surface area contributed by atoms with E-state index < -0.39 is 8.32 Å². The molecule has 0 saturated carbocycles. The van der Waals surface area contributed by atoms with Crippen molar-refractivity contribution in [3.8, 4) is 0 Å². The maximum atomic E-state index is 9.19. The van der Waals surface area contributed by atoms with Gasteiger partial charge in [-0.15, -0.1) is 0 Å². The molecule has 3 aliphatic rings. The molecule has 0 aromatic heterocycles. The molecule has 3 rings (SSSR count). The molecule has 5 nitrogen and oxygen atoms in total. The number of rotatable bonds is 10. The van der Waals surface area contributed by atoms with Crippen LogP contribution >= 0.6 is 0 Å². The number of ether oxygens (including phenoxy) is 3. The first-order chi connectivity index (χ1) is 12.2. The summed E-state index contributed by atoms with van der Waals surface area (Å²) in [5.41, 5.74) is -0.284. The van der Waals surface area contributed by atoms with Gasteiger partial charge in [-0.25, -0.2) is 0 Å². The molecule has 3 aliphatic heterocycles. The smallest absolute Gasteiger partial charge is 0.192 e. The lowest BCUT2D eigenvalue weighted by atomic mass is 9.92. The van der Waals surface area contributed by atoms with Gasteiger partial charge in [0.05, 0.1) is 36.6 Å². The average Bonchev–Trinajstić information content (AvgIpc) is 3.48. The van der Waals surface area contributed by atoms with Gasteiger partial charge >= 0.3 is 0 Å². The lowest BCUT2D eigenvalue weighted by molar-refractivity contribution is 0.187. The Balaban J connectivity index is 1.36. The van der Waals surface area contributed by atoms with Crippen LogP contribution in [0.4, 0.5) is 0 Å². The van der Waals surface area contributed by atoms with E-state index in [1.54, 1.807) is 0 Å². The van der Waals surface area contributed by atoms with Crippen LogP contribution in [0.2, 0.25) is 18.1 Å². The van der Waals surface area contributed by atoms with Crippen molar-refractivity contribution in [1.29, 1.82) is 0 Å². The summed E-state index contributed by atoms with van der Waals surface area (Å²) in [4.78, 5) is 0. The molecule has 0 aliphatic carbocycles. The summed E-state index contributed by atoms with van der Waals surface area (Å²) in [6.07, 6.45) is 4.62. The minimum atomic E-state index is -1.73. The van der Waals surface area contributed by atoms with Crippen LogP contribution < -0.4 is 0 Å². The first kappa shape index (κ1) is 21.7. The summed E-state index contributed by atoms with van der Waals surface area (Å²) in [5, 5.41) is 9.42. The van der Waals surface area contributed by atoms with Crippen LogP contribution in [0.3, 0.4) is 0 Å². The van der Waals surface area contributed by atoms with E-state index in [1.165, 1.54) is 0 Å². The van der Waals surface area contributed by atoms with Crippen molar-refractivity contribution in [3.63, 3.8) is 0 Å². The molecule has 0 aromatic carbocycles. The lowest BCUT2D eigenvalue weighted by Gasteiger charge is -2.36. The molecule has 0 radical (unpaired) electrons. The van der Waals surface area contributed by atoms with Crippen LogP contribution in [0, 0.1) is 0 Å². The number of hydrogen-bond donors (Lipinski definition) is 1. The second-order valence-corrected chi connectivity index (χ2v) is 15.9. The summed E-state index contributed by atoms with van der Waals surface area (Å²) < 4.78 is 24.0. The van der Waals surface area contributed by atoms with Crippen LogP contribution in [0.5, 0.6) is 0 Å². The number of hydrogen-bond acceptors (Lipinski definition) is 5. The van der Waals surface area contributed by atoms with Crippen LogP contribution in [0.1, 0.15) is 67.2 Å². The van der Waals surface area contributed by atoms with E-state index in [9.17, 15) is 5.11 Å². The van der Waals surface area contributed by atoms with Crippen molar-refractivity contribution in [3.05, 3.63) is 0 Å². The molecule has 0 aromatic rings. The van der Waals surface area contributed by atoms with Crippen LogP contribution in [0.15, 0.2) is 0 Å². The molecular weight excluding hydrogens is 360 g/mol. The minimum absolute atomic E-state index is 0.0176. The normalized spacial score (nSPS) is 43.7. The SMILES string of the molecule is CC(C)(C)[Si](C)(C)OC[C@@]1(C)O[C@@H]1CC[C@@]1(C)O[C@@H]1CC[C@@]1(C)O[C@@H]1CO. The van der Waals surface area contributed by atoms with Gasteiger partial charge in [-0.3, -0.25) is 0 Å². The van der Waals surface area contributed by atoms with E-state index in [-0.39, 0.29) is 40.7 Å². The zero-order chi connectivity index (χ0) is 20.3. The van der Waals surface area contributed by atoms with Crippen molar-refractivity contribution in [2.45, 2.75) is 120 Å². The molecule has 158 valence electrons. The second-order valence-electron chi connectivity index (χ2n) is 11.1.